The number of hydrogen-bond acceptors (Lipinski definition) is 5. The summed E-state index contributed by atoms with van der Waals surface area (Å²) >= 11 is 0. The van der Waals surface area contributed by atoms with Crippen molar-refractivity contribution in [2.45, 2.75) is 13.8 Å². The van der Waals surface area contributed by atoms with Gasteiger partial charge in [0, 0.05) is 12.5 Å². The van der Waals surface area contributed by atoms with Crippen molar-refractivity contribution >= 4 is 0 Å². The van der Waals surface area contributed by atoms with E-state index >= 15 is 0 Å². The molecular weight excluding hydrogens is 230 g/mol. The van der Waals surface area contributed by atoms with Crippen LogP contribution in [0.2, 0.25) is 0 Å². The van der Waals surface area contributed by atoms with Gasteiger partial charge in [-0.05, 0) is 6.92 Å². The molecule has 0 radical (unpaired) electrons. The molecule has 18 heavy (non-hydrogen) atoms. The molecule has 3 aromatic rings. The van der Waals surface area contributed by atoms with E-state index in [1.54, 1.807) is 6.92 Å². The van der Waals surface area contributed by atoms with E-state index in [4.69, 9.17) is 8.94 Å². The quantitative estimate of drug-likeness (QED) is 0.690. The molecule has 2 heterocycles. The van der Waals surface area contributed by atoms with Gasteiger partial charge in [-0.15, -0.1) is 0 Å². The van der Waals surface area contributed by atoms with Gasteiger partial charge in [0.2, 0.25) is 5.82 Å². The molecule has 5 heteroatoms. The second kappa shape index (κ2) is 4.10. The van der Waals surface area contributed by atoms with Crippen LogP contribution in [0.25, 0.3) is 23.0 Å². The Morgan fingerprint density at radius 1 is 1.00 bits per heavy atom. The van der Waals surface area contributed by atoms with Crippen molar-refractivity contribution in [3.8, 4) is 23.0 Å². The minimum atomic E-state index is 0.378. The van der Waals surface area contributed by atoms with Gasteiger partial charge in [0.25, 0.3) is 5.89 Å². The average molecular weight is 241 g/mol. The number of nitrogens with zero attached hydrogens (tertiary/aromatic N) is 3. The lowest BCUT2D eigenvalue weighted by atomic mass is 10.2. The van der Waals surface area contributed by atoms with Gasteiger partial charge in [-0.3, -0.25) is 0 Å². The molecule has 0 atom stereocenters. The van der Waals surface area contributed by atoms with E-state index < -0.39 is 0 Å². The van der Waals surface area contributed by atoms with Crippen LogP contribution in [0.15, 0.2) is 39.3 Å². The van der Waals surface area contributed by atoms with Gasteiger partial charge in [-0.25, -0.2) is 4.98 Å². The van der Waals surface area contributed by atoms with Gasteiger partial charge in [0.15, 0.2) is 11.6 Å². The molecule has 0 saturated heterocycles. The first-order valence-electron chi connectivity index (χ1n) is 5.57. The molecule has 0 aliphatic heterocycles. The lowest BCUT2D eigenvalue weighted by Crippen LogP contribution is -1.82. The Bertz CT molecular complexity index is 671. The predicted molar refractivity (Wildman–Crippen MR) is 64.7 cm³/mol. The first-order valence-corrected chi connectivity index (χ1v) is 5.57. The molecule has 0 unspecified atom stereocenters. The number of benzene rings is 1. The Hall–Kier alpha value is -2.43. The Kier molecular flexibility index (Phi) is 2.44. The average Bonchev–Trinajstić information content (AvgIpc) is 2.97. The van der Waals surface area contributed by atoms with E-state index in [-0.39, 0.29) is 0 Å². The number of hydrogen-bond donors (Lipinski definition) is 0. The summed E-state index contributed by atoms with van der Waals surface area (Å²) in [6.07, 6.45) is 0. The number of oxazole rings is 1. The van der Waals surface area contributed by atoms with Gasteiger partial charge in [-0.2, -0.15) is 4.98 Å². The van der Waals surface area contributed by atoms with Crippen molar-refractivity contribution in [3.63, 3.8) is 0 Å². The Labute approximate surface area is 103 Å². The van der Waals surface area contributed by atoms with Crippen LogP contribution in [0, 0.1) is 13.8 Å². The summed E-state index contributed by atoms with van der Waals surface area (Å²) in [6.45, 7) is 3.60. The lowest BCUT2D eigenvalue weighted by Gasteiger charge is -1.90. The monoisotopic (exact) mass is 241 g/mol. The third kappa shape index (κ3) is 1.79. The summed E-state index contributed by atoms with van der Waals surface area (Å²) in [4.78, 5) is 8.55. The van der Waals surface area contributed by atoms with Crippen molar-refractivity contribution in [2.24, 2.45) is 0 Å². The fraction of sp³-hybridized carbons (Fsp3) is 0.154. The van der Waals surface area contributed by atoms with Crippen LogP contribution in [0.4, 0.5) is 0 Å². The van der Waals surface area contributed by atoms with Crippen LogP contribution in [-0.2, 0) is 0 Å². The van der Waals surface area contributed by atoms with Crippen LogP contribution in [-0.4, -0.2) is 15.1 Å². The highest BCUT2D eigenvalue weighted by Gasteiger charge is 2.17. The molecule has 0 amide bonds. The number of rotatable bonds is 2. The van der Waals surface area contributed by atoms with E-state index in [0.717, 1.165) is 5.56 Å². The van der Waals surface area contributed by atoms with Crippen LogP contribution < -0.4 is 0 Å². The fourth-order valence-electron chi connectivity index (χ4n) is 1.75. The maximum Gasteiger partial charge on any atom is 0.280 e. The van der Waals surface area contributed by atoms with E-state index in [1.807, 2.05) is 37.3 Å². The zero-order chi connectivity index (χ0) is 12.5. The van der Waals surface area contributed by atoms with E-state index in [1.165, 1.54) is 0 Å². The zero-order valence-electron chi connectivity index (χ0n) is 10.0. The molecule has 0 spiro atoms. The standard InChI is InChI=1S/C13H11N3O2/c1-8-11(14-9(2)17-8)13-15-12(16-18-13)10-6-4-3-5-7-10/h3-7H,1-2H3. The van der Waals surface area contributed by atoms with Crippen LogP contribution in [0.5, 0.6) is 0 Å². The molecule has 1 aromatic carbocycles. The first kappa shape index (κ1) is 10.7. The normalized spacial score (nSPS) is 10.8. The first-order chi connectivity index (χ1) is 8.74. The van der Waals surface area contributed by atoms with Gasteiger partial charge < -0.3 is 8.94 Å². The summed E-state index contributed by atoms with van der Waals surface area (Å²) < 4.78 is 10.6. The highest BCUT2D eigenvalue weighted by Crippen LogP contribution is 2.24. The summed E-state index contributed by atoms with van der Waals surface area (Å²) in [5.41, 5.74) is 1.51. The van der Waals surface area contributed by atoms with Crippen LogP contribution in [0.1, 0.15) is 11.7 Å². The lowest BCUT2D eigenvalue weighted by molar-refractivity contribution is 0.430. The highest BCUT2D eigenvalue weighted by atomic mass is 16.5. The molecule has 0 fully saturated rings. The van der Waals surface area contributed by atoms with Crippen molar-refractivity contribution in [1.82, 2.24) is 15.1 Å². The Morgan fingerprint density at radius 3 is 2.44 bits per heavy atom. The molecule has 0 saturated carbocycles. The number of aryl methyl sites for hydroxylation is 2. The predicted octanol–water partition coefficient (Wildman–Crippen LogP) is 3.01. The summed E-state index contributed by atoms with van der Waals surface area (Å²) in [5, 5.41) is 3.95. The van der Waals surface area contributed by atoms with Crippen molar-refractivity contribution in [2.75, 3.05) is 0 Å². The number of aromatic nitrogens is 3. The van der Waals surface area contributed by atoms with Gasteiger partial charge in [0.1, 0.15) is 5.76 Å². The fourth-order valence-corrected chi connectivity index (χ4v) is 1.75. The van der Waals surface area contributed by atoms with Gasteiger partial charge in [-0.1, -0.05) is 35.5 Å². The molecule has 90 valence electrons. The maximum atomic E-state index is 5.34. The van der Waals surface area contributed by atoms with E-state index in [0.29, 0.717) is 29.1 Å². The van der Waals surface area contributed by atoms with Gasteiger partial charge in [0.05, 0.1) is 0 Å². The second-order valence-electron chi connectivity index (χ2n) is 3.93. The van der Waals surface area contributed by atoms with Gasteiger partial charge >= 0.3 is 0 Å². The van der Waals surface area contributed by atoms with Crippen molar-refractivity contribution in [3.05, 3.63) is 42.0 Å². The molecule has 0 bridgehead atoms. The zero-order valence-corrected chi connectivity index (χ0v) is 10.0. The van der Waals surface area contributed by atoms with E-state index in [9.17, 15) is 0 Å². The van der Waals surface area contributed by atoms with Crippen LogP contribution in [0.3, 0.4) is 0 Å². The molecule has 0 aliphatic carbocycles. The minimum absolute atomic E-state index is 0.378. The largest absolute Gasteiger partial charge is 0.445 e. The van der Waals surface area contributed by atoms with Crippen molar-refractivity contribution in [1.29, 1.82) is 0 Å². The van der Waals surface area contributed by atoms with E-state index in [2.05, 4.69) is 15.1 Å². The molecule has 3 rings (SSSR count). The Balaban J connectivity index is 2.02. The smallest absolute Gasteiger partial charge is 0.280 e. The van der Waals surface area contributed by atoms with Crippen LogP contribution >= 0.6 is 0 Å². The molecule has 2 aromatic heterocycles. The molecular formula is C13H11N3O2. The van der Waals surface area contributed by atoms with Crippen molar-refractivity contribution < 1.29 is 8.94 Å². The topological polar surface area (TPSA) is 65.0 Å². The molecule has 0 aliphatic rings. The summed E-state index contributed by atoms with van der Waals surface area (Å²) in [7, 11) is 0. The summed E-state index contributed by atoms with van der Waals surface area (Å²) in [5.74, 6) is 2.19. The third-order valence-electron chi connectivity index (χ3n) is 2.56. The maximum absolute atomic E-state index is 5.34. The second-order valence-corrected chi connectivity index (χ2v) is 3.93. The SMILES string of the molecule is Cc1nc(-c2nc(-c3ccccc3)no2)c(C)o1. The Morgan fingerprint density at radius 2 is 1.78 bits per heavy atom. The summed E-state index contributed by atoms with van der Waals surface area (Å²) in [6, 6.07) is 9.65. The molecule has 5 nitrogen and oxygen atoms in total. The highest BCUT2D eigenvalue weighted by molar-refractivity contribution is 5.58. The third-order valence-corrected chi connectivity index (χ3v) is 2.56. The molecule has 0 N–H and O–H groups in total. The minimum Gasteiger partial charge on any atom is -0.445 e.